The number of aliphatic hydroxyl groups is 1. The fourth-order valence-corrected chi connectivity index (χ4v) is 2.19. The number of β-amino-alcohol motifs (C(OH)–C–C–N with tert-alkyl or cyclic N) is 1. The first-order valence-electron chi connectivity index (χ1n) is 6.76. The molecule has 1 aliphatic rings. The molecule has 100 valence electrons. The average molecular weight is 249 g/mol. The standard InChI is InChI=1S/C14H23N3O/c1-11(2)15-8-12-5-6-14(16-9-12)17-7-3-4-13(18)10-17/h5-6,9,11,13,15,18H,3-4,7-8,10H2,1-2H3. The summed E-state index contributed by atoms with van der Waals surface area (Å²) in [6.07, 6.45) is 3.67. The largest absolute Gasteiger partial charge is 0.391 e. The van der Waals surface area contributed by atoms with Crippen LogP contribution >= 0.6 is 0 Å². The molecule has 4 heteroatoms. The maximum Gasteiger partial charge on any atom is 0.128 e. The van der Waals surface area contributed by atoms with Gasteiger partial charge in [0.05, 0.1) is 6.10 Å². The lowest BCUT2D eigenvalue weighted by Gasteiger charge is -2.31. The van der Waals surface area contributed by atoms with Crippen molar-refractivity contribution in [1.29, 1.82) is 0 Å². The van der Waals surface area contributed by atoms with Crippen molar-refractivity contribution in [2.24, 2.45) is 0 Å². The van der Waals surface area contributed by atoms with Crippen LogP contribution in [-0.4, -0.2) is 35.3 Å². The summed E-state index contributed by atoms with van der Waals surface area (Å²) in [5.41, 5.74) is 1.20. The number of aromatic nitrogens is 1. The molecule has 2 N–H and O–H groups in total. The van der Waals surface area contributed by atoms with Crippen molar-refractivity contribution in [3.05, 3.63) is 23.9 Å². The summed E-state index contributed by atoms with van der Waals surface area (Å²) in [4.78, 5) is 6.65. The molecule has 0 saturated carbocycles. The zero-order chi connectivity index (χ0) is 13.0. The van der Waals surface area contributed by atoms with E-state index < -0.39 is 0 Å². The Labute approximate surface area is 109 Å². The topological polar surface area (TPSA) is 48.4 Å². The molecule has 1 atom stereocenters. The van der Waals surface area contributed by atoms with E-state index in [0.717, 1.165) is 31.7 Å². The maximum atomic E-state index is 9.66. The number of hydrogen-bond donors (Lipinski definition) is 2. The SMILES string of the molecule is CC(C)NCc1ccc(N2CCCC(O)C2)nc1. The van der Waals surface area contributed by atoms with Crippen molar-refractivity contribution >= 4 is 5.82 Å². The molecule has 1 aliphatic heterocycles. The second-order valence-electron chi connectivity index (χ2n) is 5.30. The lowest BCUT2D eigenvalue weighted by Crippen LogP contribution is -2.38. The lowest BCUT2D eigenvalue weighted by molar-refractivity contribution is 0.154. The van der Waals surface area contributed by atoms with E-state index in [2.05, 4.69) is 41.2 Å². The minimum Gasteiger partial charge on any atom is -0.391 e. The van der Waals surface area contributed by atoms with Gasteiger partial charge in [-0.1, -0.05) is 19.9 Å². The first-order valence-corrected chi connectivity index (χ1v) is 6.76. The second kappa shape index (κ2) is 6.16. The van der Waals surface area contributed by atoms with E-state index in [1.165, 1.54) is 5.56 Å². The van der Waals surface area contributed by atoms with Gasteiger partial charge in [0.2, 0.25) is 0 Å². The third-order valence-electron chi connectivity index (χ3n) is 3.24. The van der Waals surface area contributed by atoms with E-state index in [-0.39, 0.29) is 6.10 Å². The number of piperidine rings is 1. The fraction of sp³-hybridized carbons (Fsp3) is 0.643. The van der Waals surface area contributed by atoms with Crippen LogP contribution < -0.4 is 10.2 Å². The predicted molar refractivity (Wildman–Crippen MR) is 73.7 cm³/mol. The fourth-order valence-electron chi connectivity index (χ4n) is 2.19. The third kappa shape index (κ3) is 3.68. The maximum absolute atomic E-state index is 9.66. The molecule has 0 radical (unpaired) electrons. The zero-order valence-electron chi connectivity index (χ0n) is 11.3. The number of pyridine rings is 1. The van der Waals surface area contributed by atoms with Crippen LogP contribution in [0.4, 0.5) is 5.82 Å². The van der Waals surface area contributed by atoms with Crippen molar-refractivity contribution in [1.82, 2.24) is 10.3 Å². The van der Waals surface area contributed by atoms with Crippen LogP contribution in [0.2, 0.25) is 0 Å². The third-order valence-corrected chi connectivity index (χ3v) is 3.24. The molecule has 1 fully saturated rings. The first-order chi connectivity index (χ1) is 8.65. The summed E-state index contributed by atoms with van der Waals surface area (Å²) in [6.45, 7) is 6.83. The molecule has 2 rings (SSSR count). The molecule has 0 bridgehead atoms. The molecule has 0 aromatic carbocycles. The number of anilines is 1. The highest BCUT2D eigenvalue weighted by molar-refractivity contribution is 5.40. The molecule has 2 heterocycles. The lowest BCUT2D eigenvalue weighted by atomic mass is 10.1. The summed E-state index contributed by atoms with van der Waals surface area (Å²) < 4.78 is 0. The van der Waals surface area contributed by atoms with Crippen LogP contribution in [0.15, 0.2) is 18.3 Å². The van der Waals surface area contributed by atoms with Gasteiger partial charge >= 0.3 is 0 Å². The van der Waals surface area contributed by atoms with Gasteiger partial charge in [-0.15, -0.1) is 0 Å². The van der Waals surface area contributed by atoms with Gasteiger partial charge in [0.15, 0.2) is 0 Å². The van der Waals surface area contributed by atoms with Gasteiger partial charge in [-0.05, 0) is 24.5 Å². The number of rotatable bonds is 4. The quantitative estimate of drug-likeness (QED) is 0.850. The number of hydrogen-bond acceptors (Lipinski definition) is 4. The van der Waals surface area contributed by atoms with Gasteiger partial charge in [-0.2, -0.15) is 0 Å². The van der Waals surface area contributed by atoms with Crippen molar-refractivity contribution in [2.45, 2.75) is 45.4 Å². The van der Waals surface area contributed by atoms with Crippen LogP contribution in [0.5, 0.6) is 0 Å². The van der Waals surface area contributed by atoms with Gasteiger partial charge in [-0.3, -0.25) is 0 Å². The zero-order valence-corrected chi connectivity index (χ0v) is 11.3. The minimum atomic E-state index is -0.206. The minimum absolute atomic E-state index is 0.206. The molecule has 0 spiro atoms. The first kappa shape index (κ1) is 13.3. The van der Waals surface area contributed by atoms with Crippen LogP contribution in [-0.2, 0) is 6.54 Å². The Morgan fingerprint density at radius 2 is 2.33 bits per heavy atom. The molecule has 0 amide bonds. The Morgan fingerprint density at radius 3 is 2.94 bits per heavy atom. The predicted octanol–water partition coefficient (Wildman–Crippen LogP) is 1.54. The Hall–Kier alpha value is -1.13. The molecular weight excluding hydrogens is 226 g/mol. The molecular formula is C14H23N3O. The van der Waals surface area contributed by atoms with Gasteiger partial charge in [-0.25, -0.2) is 4.98 Å². The highest BCUT2D eigenvalue weighted by Gasteiger charge is 2.18. The van der Waals surface area contributed by atoms with Crippen LogP contribution in [0.25, 0.3) is 0 Å². The Morgan fingerprint density at radius 1 is 1.50 bits per heavy atom. The van der Waals surface area contributed by atoms with Crippen molar-refractivity contribution < 1.29 is 5.11 Å². The number of nitrogens with one attached hydrogen (secondary N) is 1. The second-order valence-corrected chi connectivity index (χ2v) is 5.30. The molecule has 18 heavy (non-hydrogen) atoms. The monoisotopic (exact) mass is 249 g/mol. The summed E-state index contributed by atoms with van der Waals surface area (Å²) in [5.74, 6) is 0.974. The van der Waals surface area contributed by atoms with E-state index in [4.69, 9.17) is 0 Å². The normalized spacial score (nSPS) is 20.4. The van der Waals surface area contributed by atoms with Crippen LogP contribution in [0, 0.1) is 0 Å². The summed E-state index contributed by atoms with van der Waals surface area (Å²) in [7, 11) is 0. The van der Waals surface area contributed by atoms with Crippen molar-refractivity contribution in [2.75, 3.05) is 18.0 Å². The van der Waals surface area contributed by atoms with Gasteiger partial charge in [0.1, 0.15) is 5.82 Å². The van der Waals surface area contributed by atoms with E-state index in [9.17, 15) is 5.11 Å². The summed E-state index contributed by atoms with van der Waals surface area (Å²) >= 11 is 0. The van der Waals surface area contributed by atoms with Crippen molar-refractivity contribution in [3.63, 3.8) is 0 Å². The Bertz CT molecular complexity index is 364. The molecule has 1 aromatic rings. The Kier molecular flexibility index (Phi) is 4.55. The summed E-state index contributed by atoms with van der Waals surface area (Å²) in [6, 6.07) is 4.65. The van der Waals surface area contributed by atoms with E-state index in [1.54, 1.807) is 0 Å². The van der Waals surface area contributed by atoms with Gasteiger partial charge in [0, 0.05) is 31.9 Å². The Balaban J connectivity index is 1.94. The smallest absolute Gasteiger partial charge is 0.128 e. The molecule has 1 unspecified atom stereocenters. The van der Waals surface area contributed by atoms with Crippen molar-refractivity contribution in [3.8, 4) is 0 Å². The molecule has 1 saturated heterocycles. The van der Waals surface area contributed by atoms with E-state index >= 15 is 0 Å². The number of nitrogens with zero attached hydrogens (tertiary/aromatic N) is 2. The molecule has 1 aromatic heterocycles. The van der Waals surface area contributed by atoms with E-state index in [1.807, 2.05) is 6.20 Å². The van der Waals surface area contributed by atoms with Gasteiger partial charge < -0.3 is 15.3 Å². The molecule has 4 nitrogen and oxygen atoms in total. The number of aliphatic hydroxyl groups excluding tert-OH is 1. The average Bonchev–Trinajstić information content (AvgIpc) is 2.37. The van der Waals surface area contributed by atoms with E-state index in [0.29, 0.717) is 12.6 Å². The van der Waals surface area contributed by atoms with Crippen LogP contribution in [0.1, 0.15) is 32.3 Å². The molecule has 0 aliphatic carbocycles. The van der Waals surface area contributed by atoms with Gasteiger partial charge in [0.25, 0.3) is 0 Å². The highest BCUT2D eigenvalue weighted by Crippen LogP contribution is 2.17. The van der Waals surface area contributed by atoms with Crippen LogP contribution in [0.3, 0.4) is 0 Å². The summed E-state index contributed by atoms with van der Waals surface area (Å²) in [5, 5.41) is 13.0. The highest BCUT2D eigenvalue weighted by atomic mass is 16.3.